The minimum absolute atomic E-state index is 0.0460. The number of rotatable bonds is 7. The Labute approximate surface area is 282 Å². The van der Waals surface area contributed by atoms with E-state index < -0.39 is 15.9 Å². The molecule has 0 aromatic heterocycles. The Morgan fingerprint density at radius 3 is 1.46 bits per heavy atom. The molecule has 3 aliphatic rings. The molecule has 0 atom stereocenters. The van der Waals surface area contributed by atoms with Crippen LogP contribution < -0.4 is 0 Å². The van der Waals surface area contributed by atoms with Gasteiger partial charge in [-0.25, -0.2) is 0 Å². The van der Waals surface area contributed by atoms with Crippen LogP contribution in [-0.4, -0.2) is 75.2 Å². The van der Waals surface area contributed by atoms with Crippen LogP contribution in [-0.2, 0) is 62.6 Å². The third kappa shape index (κ3) is 14.3. The highest BCUT2D eigenvalue weighted by atomic mass is 32.2. The van der Waals surface area contributed by atoms with Gasteiger partial charge in [0.15, 0.2) is 5.79 Å². The summed E-state index contributed by atoms with van der Waals surface area (Å²) >= 11 is 0. The Balaban J connectivity index is 0.000000648. The van der Waals surface area contributed by atoms with Crippen LogP contribution in [0.25, 0.3) is 0 Å². The van der Waals surface area contributed by atoms with Gasteiger partial charge in [0.25, 0.3) is 10.1 Å². The van der Waals surface area contributed by atoms with Crippen LogP contribution in [0, 0.1) is 17.8 Å². The average Bonchev–Trinajstić information content (AvgIpc) is 3.51. The van der Waals surface area contributed by atoms with Crippen molar-refractivity contribution in [3.8, 4) is 0 Å². The predicted molar refractivity (Wildman–Crippen MR) is 166 cm³/mol. The number of benzene rings is 1. The summed E-state index contributed by atoms with van der Waals surface area (Å²) in [4.78, 5) is 67.3. The molecule has 14 nitrogen and oxygen atoms in total. The molecule has 270 valence electrons. The largest absolute Gasteiger partial charge is 0.466 e. The van der Waals surface area contributed by atoms with E-state index in [0.29, 0.717) is 52.1 Å². The lowest BCUT2D eigenvalue weighted by atomic mass is 9.70. The topological polar surface area (TPSA) is 211 Å². The number of hydrogen-bond acceptors (Lipinski definition) is 13. The highest BCUT2D eigenvalue weighted by Crippen LogP contribution is 2.47. The lowest BCUT2D eigenvalue weighted by Gasteiger charge is -2.41. The van der Waals surface area contributed by atoms with Crippen molar-refractivity contribution >= 4 is 40.1 Å². The maximum atomic E-state index is 12.1. The summed E-state index contributed by atoms with van der Waals surface area (Å²) in [5.74, 6) is -0.283. The normalized spacial score (nSPS) is 18.2. The zero-order valence-corrected chi connectivity index (χ0v) is 29.2. The second-order valence-corrected chi connectivity index (χ2v) is 12.7. The maximum absolute atomic E-state index is 12.1. The maximum Gasteiger partial charge on any atom is 0.373 e. The summed E-state index contributed by atoms with van der Waals surface area (Å²) in [5.41, 5.74) is 0.276. The number of aryl methyl sites for hydroxylation is 1. The van der Waals surface area contributed by atoms with E-state index in [1.54, 1.807) is 12.1 Å². The third-order valence-corrected chi connectivity index (χ3v) is 9.50. The average molecular weight is 701 g/mol. The summed E-state index contributed by atoms with van der Waals surface area (Å²) in [7, 11) is -4.02. The quantitative estimate of drug-likeness (QED) is 0.308. The Morgan fingerprint density at radius 2 is 1.12 bits per heavy atom. The zero-order chi connectivity index (χ0) is 36.9. The smallest absolute Gasteiger partial charge is 0.373 e. The molecular weight excluding hydrogens is 652 g/mol. The van der Waals surface area contributed by atoms with Gasteiger partial charge in [0.1, 0.15) is 5.78 Å². The summed E-state index contributed by atoms with van der Waals surface area (Å²) in [6.07, 6.45) is 7.74. The van der Waals surface area contributed by atoms with Crippen LogP contribution in [0.5, 0.6) is 0 Å². The van der Waals surface area contributed by atoms with Crippen molar-refractivity contribution in [2.24, 2.45) is 10.8 Å². The number of ether oxygens (including phenoxy) is 4. The molecule has 1 aliphatic heterocycles. The highest BCUT2D eigenvalue weighted by Gasteiger charge is 2.49. The van der Waals surface area contributed by atoms with Crippen molar-refractivity contribution in [3.63, 3.8) is 0 Å². The number of Topliss-reactive ketones (excluding diaryl/α,β-unsaturated/α-hetero) is 1. The summed E-state index contributed by atoms with van der Waals surface area (Å²) < 4.78 is 51.2. The summed E-state index contributed by atoms with van der Waals surface area (Å²) in [6.45, 7) is 11.8. The van der Waals surface area contributed by atoms with Gasteiger partial charge in [-0.05, 0) is 71.4 Å². The molecule has 48 heavy (non-hydrogen) atoms. The SMILES string of the molecule is CCOC(=O)C1(CC)CCC(=O)CC1.CCOC(=O)C1(CC)CCC2(CC1)OCCO2.Cc1ccc(S(=O)(=O)O)cc1.O=C=O.O=C=O. The Morgan fingerprint density at radius 1 is 0.750 bits per heavy atom. The highest BCUT2D eigenvalue weighted by molar-refractivity contribution is 7.85. The fraction of sp³-hybridized carbons (Fsp3) is 0.667. The van der Waals surface area contributed by atoms with Crippen LogP contribution in [0.2, 0.25) is 0 Å². The lowest BCUT2D eigenvalue weighted by Crippen LogP contribution is -2.44. The number of ketones is 1. The van der Waals surface area contributed by atoms with Crippen molar-refractivity contribution in [3.05, 3.63) is 29.8 Å². The Kier molecular flexibility index (Phi) is 20.5. The van der Waals surface area contributed by atoms with Crippen molar-refractivity contribution in [2.75, 3.05) is 26.4 Å². The molecule has 1 aromatic rings. The summed E-state index contributed by atoms with van der Waals surface area (Å²) in [6, 6.07) is 5.99. The van der Waals surface area contributed by atoms with E-state index in [2.05, 4.69) is 6.92 Å². The van der Waals surface area contributed by atoms with Gasteiger partial charge in [0.05, 0.1) is 42.2 Å². The molecule has 1 N–H and O–H groups in total. The van der Waals surface area contributed by atoms with Crippen LogP contribution >= 0.6 is 0 Å². The molecule has 1 saturated heterocycles. The first-order valence-corrected chi connectivity index (χ1v) is 17.2. The molecular formula is C33H48O14S. The van der Waals surface area contributed by atoms with Gasteiger partial charge in [0.2, 0.25) is 0 Å². The van der Waals surface area contributed by atoms with Gasteiger partial charge in [-0.15, -0.1) is 0 Å². The van der Waals surface area contributed by atoms with Gasteiger partial charge in [0, 0.05) is 25.7 Å². The number of carbonyl (C=O) groups is 3. The zero-order valence-electron chi connectivity index (χ0n) is 28.4. The molecule has 0 radical (unpaired) electrons. The second-order valence-electron chi connectivity index (χ2n) is 11.3. The first-order valence-electron chi connectivity index (χ1n) is 15.8. The van der Waals surface area contributed by atoms with Crippen molar-refractivity contribution in [2.45, 2.75) is 110 Å². The monoisotopic (exact) mass is 700 g/mol. The van der Waals surface area contributed by atoms with E-state index in [1.807, 2.05) is 27.7 Å². The number of esters is 2. The fourth-order valence-electron chi connectivity index (χ4n) is 5.59. The molecule has 2 saturated carbocycles. The van der Waals surface area contributed by atoms with E-state index in [4.69, 9.17) is 42.7 Å². The number of hydrogen-bond donors (Lipinski definition) is 1. The third-order valence-electron chi connectivity index (χ3n) is 8.64. The molecule has 0 amide bonds. The van der Waals surface area contributed by atoms with Gasteiger partial charge >= 0.3 is 24.2 Å². The van der Waals surface area contributed by atoms with Crippen LogP contribution in [0.3, 0.4) is 0 Å². The van der Waals surface area contributed by atoms with Gasteiger partial charge < -0.3 is 18.9 Å². The molecule has 0 bridgehead atoms. The minimum atomic E-state index is -4.02. The minimum Gasteiger partial charge on any atom is -0.466 e. The van der Waals surface area contributed by atoms with Crippen LogP contribution in [0.15, 0.2) is 29.2 Å². The van der Waals surface area contributed by atoms with Crippen molar-refractivity contribution in [1.82, 2.24) is 0 Å². The van der Waals surface area contributed by atoms with Crippen molar-refractivity contribution < 1.29 is 65.5 Å². The Bertz CT molecular complexity index is 1290. The second kappa shape index (κ2) is 22.1. The van der Waals surface area contributed by atoms with E-state index in [0.717, 1.165) is 44.1 Å². The van der Waals surface area contributed by atoms with Gasteiger partial charge in [-0.3, -0.25) is 18.9 Å². The fourth-order valence-corrected chi connectivity index (χ4v) is 6.07. The Hall–Kier alpha value is -3.58. The van der Waals surface area contributed by atoms with E-state index in [1.165, 1.54) is 12.1 Å². The molecule has 0 unspecified atom stereocenters. The first-order chi connectivity index (χ1) is 22.6. The molecule has 1 aromatic carbocycles. The lowest BCUT2D eigenvalue weighted by molar-refractivity contribution is -0.199. The van der Waals surface area contributed by atoms with Gasteiger partial charge in [-0.2, -0.15) is 27.6 Å². The molecule has 3 fully saturated rings. The van der Waals surface area contributed by atoms with Crippen LogP contribution in [0.4, 0.5) is 0 Å². The van der Waals surface area contributed by atoms with Crippen LogP contribution in [0.1, 0.15) is 97.5 Å². The molecule has 1 heterocycles. The first kappa shape index (κ1) is 44.4. The van der Waals surface area contributed by atoms with E-state index >= 15 is 0 Å². The molecule has 15 heteroatoms. The molecule has 4 rings (SSSR count). The van der Waals surface area contributed by atoms with Gasteiger partial charge in [-0.1, -0.05) is 31.5 Å². The standard InChI is InChI=1S/C13H22O4.C11H18O3.C7H8O3S.2CO2/c1-3-12(11(14)15-4-2)5-7-13(8-6-12)16-9-10-17-13;1-3-11(10(13)14-4-2)7-5-9(12)6-8-11;1-6-2-4-7(5-3-6)11(8,9)10;2*2-1-3/h3-10H2,1-2H3;3-8H2,1-2H3;2-5H,1H3,(H,8,9,10);;. The van der Waals surface area contributed by atoms with E-state index in [-0.39, 0.29) is 45.8 Å². The van der Waals surface area contributed by atoms with E-state index in [9.17, 15) is 22.8 Å². The molecule has 2 aliphatic carbocycles. The predicted octanol–water partition coefficient (Wildman–Crippen LogP) is 4.43. The molecule has 1 spiro atoms. The summed E-state index contributed by atoms with van der Waals surface area (Å²) in [5, 5.41) is 0. The van der Waals surface area contributed by atoms with Crippen molar-refractivity contribution in [1.29, 1.82) is 0 Å². The number of carbonyl (C=O) groups excluding carboxylic acids is 7.